The Morgan fingerprint density at radius 2 is 1.55 bits per heavy atom. The van der Waals surface area contributed by atoms with Gasteiger partial charge in [0.05, 0.1) is 36.2 Å². The van der Waals surface area contributed by atoms with Gasteiger partial charge in [0.15, 0.2) is 6.73 Å². The molecule has 0 atom stereocenters. The van der Waals surface area contributed by atoms with Crippen LogP contribution in [0.2, 0.25) is 5.02 Å². The Hall–Kier alpha value is -3.68. The molecule has 6 nitrogen and oxygen atoms in total. The highest BCUT2D eigenvalue weighted by atomic mass is 35.5. The predicted octanol–water partition coefficient (Wildman–Crippen LogP) is 7.17. The molecule has 3 N–H and O–H groups in total. The van der Waals surface area contributed by atoms with Gasteiger partial charge in [-0.25, -0.2) is 0 Å². The molecule has 0 fully saturated rings. The molecule has 0 bridgehead atoms. The van der Waals surface area contributed by atoms with E-state index in [4.69, 9.17) is 26.2 Å². The molecule has 4 aromatic carbocycles. The topological polar surface area (TPSA) is 75.1 Å². The van der Waals surface area contributed by atoms with E-state index in [0.717, 1.165) is 46.8 Å². The van der Waals surface area contributed by atoms with Gasteiger partial charge in [-0.1, -0.05) is 66.2 Å². The summed E-state index contributed by atoms with van der Waals surface area (Å²) in [4.78, 5) is 4.21. The summed E-state index contributed by atoms with van der Waals surface area (Å²) in [5.74, 6) is 0.804. The van der Waals surface area contributed by atoms with E-state index in [9.17, 15) is 0 Å². The van der Waals surface area contributed by atoms with Gasteiger partial charge in [0.25, 0.3) is 0 Å². The highest BCUT2D eigenvalue weighted by Crippen LogP contribution is 2.38. The van der Waals surface area contributed by atoms with E-state index in [1.807, 2.05) is 30.3 Å². The van der Waals surface area contributed by atoms with Gasteiger partial charge >= 0.3 is 0 Å². The van der Waals surface area contributed by atoms with Crippen LogP contribution in [0.5, 0.6) is 5.75 Å². The summed E-state index contributed by atoms with van der Waals surface area (Å²) in [6, 6.07) is 26.7. The Morgan fingerprint density at radius 3 is 2.23 bits per heavy atom. The van der Waals surface area contributed by atoms with Crippen molar-refractivity contribution >= 4 is 29.7 Å². The van der Waals surface area contributed by atoms with Crippen molar-refractivity contribution in [1.82, 2.24) is 5.32 Å². The highest BCUT2D eigenvalue weighted by molar-refractivity contribution is 6.33. The number of aryl methyl sites for hydroxylation is 2. The van der Waals surface area contributed by atoms with Crippen LogP contribution >= 0.6 is 11.6 Å². The molecule has 40 heavy (non-hydrogen) atoms. The van der Waals surface area contributed by atoms with Crippen LogP contribution in [-0.2, 0) is 11.3 Å². The molecule has 0 aliphatic rings. The van der Waals surface area contributed by atoms with Gasteiger partial charge in [-0.2, -0.15) is 0 Å². The zero-order valence-electron chi connectivity index (χ0n) is 23.0. The molecule has 0 spiro atoms. The minimum Gasteiger partial charge on any atom is -0.473 e. The van der Waals surface area contributed by atoms with E-state index in [0.29, 0.717) is 23.9 Å². The number of nitrogens with zero attached hydrogens (tertiary/aromatic N) is 1. The number of aliphatic hydroxyl groups is 1. The largest absolute Gasteiger partial charge is 0.473 e. The summed E-state index contributed by atoms with van der Waals surface area (Å²) in [6.45, 7) is 10.7. The standard InChI is InChI=1S/C33H36ClN3O3/c1-23-4-13-29(18-24(23)2)40-22-37-33-20-31(34)30(19-32(33)35-3)28-11-9-27(10-12-28)26-7-5-25(6-8-26)21-36-14-16-39-17-15-38/h4-13,18-20,36-38H,3,14-17,21-22H2,1-2H3. The molecule has 0 aliphatic heterocycles. The maximum Gasteiger partial charge on any atom is 0.159 e. The fourth-order valence-electron chi connectivity index (χ4n) is 4.26. The van der Waals surface area contributed by atoms with E-state index in [2.05, 4.69) is 84.7 Å². The van der Waals surface area contributed by atoms with Gasteiger partial charge < -0.3 is 25.2 Å². The first kappa shape index (κ1) is 29.3. The summed E-state index contributed by atoms with van der Waals surface area (Å²) in [5, 5.41) is 16.0. The molecular formula is C33H36ClN3O3. The van der Waals surface area contributed by atoms with E-state index in [-0.39, 0.29) is 13.3 Å². The first-order valence-corrected chi connectivity index (χ1v) is 13.7. The third-order valence-corrected chi connectivity index (χ3v) is 7.02. The first-order chi connectivity index (χ1) is 19.5. The predicted molar refractivity (Wildman–Crippen MR) is 166 cm³/mol. The van der Waals surface area contributed by atoms with Crippen LogP contribution in [0.3, 0.4) is 0 Å². The Kier molecular flexibility index (Phi) is 10.7. The molecule has 7 heteroatoms. The van der Waals surface area contributed by atoms with Gasteiger partial charge in [0.1, 0.15) is 5.75 Å². The highest BCUT2D eigenvalue weighted by Gasteiger charge is 2.11. The minimum atomic E-state index is 0.0529. The van der Waals surface area contributed by atoms with Gasteiger partial charge in [-0.3, -0.25) is 4.99 Å². The second-order valence-corrected chi connectivity index (χ2v) is 9.91. The molecule has 0 saturated heterocycles. The van der Waals surface area contributed by atoms with Crippen LogP contribution in [0.1, 0.15) is 16.7 Å². The fraction of sp³-hybridized carbons (Fsp3) is 0.242. The number of benzene rings is 4. The Balaban J connectivity index is 1.38. The van der Waals surface area contributed by atoms with Crippen molar-refractivity contribution in [3.63, 3.8) is 0 Å². The molecular weight excluding hydrogens is 522 g/mol. The number of ether oxygens (including phenoxy) is 2. The summed E-state index contributed by atoms with van der Waals surface area (Å²) in [5.41, 5.74) is 9.24. The van der Waals surface area contributed by atoms with Crippen molar-refractivity contribution in [2.75, 3.05) is 38.4 Å². The SMILES string of the molecule is C=Nc1cc(-c2ccc(-c3ccc(CNCCOCCO)cc3)cc2)c(Cl)cc1NCOc1ccc(C)c(C)c1. The molecule has 208 valence electrons. The molecule has 0 saturated carbocycles. The smallest absolute Gasteiger partial charge is 0.159 e. The van der Waals surface area contributed by atoms with E-state index in [1.165, 1.54) is 16.7 Å². The lowest BCUT2D eigenvalue weighted by Crippen LogP contribution is -2.19. The minimum absolute atomic E-state index is 0.0529. The lowest BCUT2D eigenvalue weighted by atomic mass is 9.99. The molecule has 0 aliphatic carbocycles. The molecule has 0 amide bonds. The van der Waals surface area contributed by atoms with Crippen LogP contribution in [-0.4, -0.2) is 44.9 Å². The Labute approximate surface area is 241 Å². The van der Waals surface area contributed by atoms with Gasteiger partial charge in [0.2, 0.25) is 0 Å². The normalized spacial score (nSPS) is 10.9. The molecule has 0 heterocycles. The van der Waals surface area contributed by atoms with Crippen LogP contribution < -0.4 is 15.4 Å². The fourth-order valence-corrected chi connectivity index (χ4v) is 4.53. The summed E-state index contributed by atoms with van der Waals surface area (Å²) >= 11 is 6.71. The van der Waals surface area contributed by atoms with Crippen LogP contribution in [0.25, 0.3) is 22.3 Å². The maximum atomic E-state index is 8.74. The number of nitrogens with one attached hydrogen (secondary N) is 2. The average Bonchev–Trinajstić information content (AvgIpc) is 2.97. The van der Waals surface area contributed by atoms with Crippen molar-refractivity contribution in [1.29, 1.82) is 0 Å². The van der Waals surface area contributed by atoms with Crippen molar-refractivity contribution in [2.45, 2.75) is 20.4 Å². The molecule has 0 aromatic heterocycles. The van der Waals surface area contributed by atoms with E-state index in [1.54, 1.807) is 0 Å². The number of halogens is 1. The van der Waals surface area contributed by atoms with Crippen molar-refractivity contribution < 1.29 is 14.6 Å². The summed E-state index contributed by atoms with van der Waals surface area (Å²) in [7, 11) is 0. The van der Waals surface area contributed by atoms with Crippen molar-refractivity contribution in [2.24, 2.45) is 4.99 Å². The van der Waals surface area contributed by atoms with Crippen LogP contribution in [0, 0.1) is 13.8 Å². The van der Waals surface area contributed by atoms with E-state index < -0.39 is 0 Å². The van der Waals surface area contributed by atoms with Gasteiger partial charge in [-0.15, -0.1) is 0 Å². The zero-order chi connectivity index (χ0) is 28.3. The first-order valence-electron chi connectivity index (χ1n) is 13.3. The number of aliphatic imine (C=N–C) groups is 1. The third kappa shape index (κ3) is 7.93. The average molecular weight is 558 g/mol. The van der Waals surface area contributed by atoms with Crippen molar-refractivity contribution in [3.8, 4) is 28.0 Å². The lowest BCUT2D eigenvalue weighted by molar-refractivity contribution is 0.0938. The third-order valence-electron chi connectivity index (χ3n) is 6.71. The van der Waals surface area contributed by atoms with Gasteiger partial charge in [-0.05, 0) is 78.2 Å². The molecule has 0 unspecified atom stereocenters. The van der Waals surface area contributed by atoms with Crippen LogP contribution in [0.4, 0.5) is 11.4 Å². The van der Waals surface area contributed by atoms with E-state index >= 15 is 0 Å². The lowest BCUT2D eigenvalue weighted by Gasteiger charge is -2.15. The molecule has 4 rings (SSSR count). The second-order valence-electron chi connectivity index (χ2n) is 9.51. The number of anilines is 1. The number of aliphatic hydroxyl groups excluding tert-OH is 1. The number of hydrogen-bond donors (Lipinski definition) is 3. The number of rotatable bonds is 14. The zero-order valence-corrected chi connectivity index (χ0v) is 23.8. The monoisotopic (exact) mass is 557 g/mol. The molecule has 0 radical (unpaired) electrons. The quantitative estimate of drug-likeness (QED) is 0.0870. The van der Waals surface area contributed by atoms with Crippen molar-refractivity contribution in [3.05, 3.63) is 101 Å². The Morgan fingerprint density at radius 1 is 0.850 bits per heavy atom. The molecule has 4 aromatic rings. The number of hydrogen-bond acceptors (Lipinski definition) is 6. The van der Waals surface area contributed by atoms with Crippen LogP contribution in [0.15, 0.2) is 83.9 Å². The Bertz CT molecular complexity index is 1410. The second kappa shape index (κ2) is 14.6. The summed E-state index contributed by atoms with van der Waals surface area (Å²) in [6.07, 6.45) is 0. The summed E-state index contributed by atoms with van der Waals surface area (Å²) < 4.78 is 11.1. The maximum absolute atomic E-state index is 8.74. The van der Waals surface area contributed by atoms with Gasteiger partial charge in [0, 0.05) is 18.7 Å².